The van der Waals surface area contributed by atoms with E-state index >= 15 is 0 Å². The number of ether oxygens (including phenoxy) is 2. The van der Waals surface area contributed by atoms with Crippen LogP contribution in [0.2, 0.25) is 10.0 Å². The molecule has 0 saturated carbocycles. The Bertz CT molecular complexity index is 1010. The van der Waals surface area contributed by atoms with Crippen molar-refractivity contribution in [1.82, 2.24) is 0 Å². The minimum Gasteiger partial charge on any atom is -0.459 e. The van der Waals surface area contributed by atoms with Crippen LogP contribution in [0.5, 0.6) is 0 Å². The second kappa shape index (κ2) is 10.8. The molecular formula is C22H23Cl2NO5S. The minimum absolute atomic E-state index is 0.118. The number of anilines is 1. The van der Waals surface area contributed by atoms with Gasteiger partial charge in [0, 0.05) is 21.7 Å². The molecule has 1 N–H and O–H groups in total. The quantitative estimate of drug-likeness (QED) is 0.377. The maximum Gasteiger partial charge on any atom is 0.348 e. The third-order valence-corrected chi connectivity index (χ3v) is 5.71. The SMILES string of the molecule is Cc1c(C(=O)OC(C)C)sc(NC(=O)/C=C/c2c(Cl)cccc2Cl)c1C(=O)OC(C)C. The maximum absolute atomic E-state index is 12.6. The first kappa shape index (κ1) is 24.9. The van der Waals surface area contributed by atoms with Gasteiger partial charge < -0.3 is 14.8 Å². The average Bonchev–Trinajstić information content (AvgIpc) is 2.96. The van der Waals surface area contributed by atoms with Gasteiger partial charge >= 0.3 is 11.9 Å². The maximum atomic E-state index is 12.6. The van der Waals surface area contributed by atoms with Gasteiger partial charge in [-0.3, -0.25) is 4.79 Å². The van der Waals surface area contributed by atoms with Crippen LogP contribution in [0.1, 0.15) is 58.9 Å². The topological polar surface area (TPSA) is 81.7 Å². The predicted molar refractivity (Wildman–Crippen MR) is 124 cm³/mol. The highest BCUT2D eigenvalue weighted by atomic mass is 35.5. The van der Waals surface area contributed by atoms with E-state index in [1.807, 2.05) is 0 Å². The molecule has 0 atom stereocenters. The Morgan fingerprint density at radius 3 is 2.10 bits per heavy atom. The first-order valence-electron chi connectivity index (χ1n) is 9.49. The molecule has 0 spiro atoms. The molecule has 0 aliphatic rings. The molecule has 1 aromatic heterocycles. The van der Waals surface area contributed by atoms with Crippen molar-refractivity contribution in [2.45, 2.75) is 46.8 Å². The van der Waals surface area contributed by atoms with Gasteiger partial charge in [-0.25, -0.2) is 9.59 Å². The second-order valence-corrected chi connectivity index (χ2v) is 8.96. The Morgan fingerprint density at radius 1 is 1.00 bits per heavy atom. The number of rotatable bonds is 7. The Balaban J connectivity index is 2.37. The van der Waals surface area contributed by atoms with Crippen LogP contribution in [-0.2, 0) is 14.3 Å². The molecule has 0 aliphatic heterocycles. The normalized spacial score (nSPS) is 11.3. The van der Waals surface area contributed by atoms with E-state index in [1.165, 1.54) is 12.2 Å². The summed E-state index contributed by atoms with van der Waals surface area (Å²) in [5.41, 5.74) is 0.991. The van der Waals surface area contributed by atoms with Crippen LogP contribution in [0.3, 0.4) is 0 Å². The second-order valence-electron chi connectivity index (χ2n) is 7.13. The summed E-state index contributed by atoms with van der Waals surface area (Å²) >= 11 is 13.2. The Hall–Kier alpha value is -2.35. The van der Waals surface area contributed by atoms with Crippen molar-refractivity contribution in [2.75, 3.05) is 5.32 Å². The van der Waals surface area contributed by atoms with Crippen LogP contribution in [0, 0.1) is 6.92 Å². The number of amides is 1. The molecule has 31 heavy (non-hydrogen) atoms. The Kier molecular flexibility index (Phi) is 8.68. The molecule has 2 rings (SSSR count). The molecule has 166 valence electrons. The highest BCUT2D eigenvalue weighted by Gasteiger charge is 2.28. The molecule has 0 bridgehead atoms. The van der Waals surface area contributed by atoms with Gasteiger partial charge in [-0.05, 0) is 58.4 Å². The van der Waals surface area contributed by atoms with Crippen molar-refractivity contribution in [3.05, 3.63) is 55.9 Å². The van der Waals surface area contributed by atoms with Gasteiger partial charge in [0.1, 0.15) is 9.88 Å². The van der Waals surface area contributed by atoms with Crippen LogP contribution in [-0.4, -0.2) is 30.1 Å². The summed E-state index contributed by atoms with van der Waals surface area (Å²) in [6, 6.07) is 5.00. The molecule has 1 heterocycles. The fourth-order valence-corrected chi connectivity index (χ4v) is 4.17. The van der Waals surface area contributed by atoms with Crippen LogP contribution in [0.4, 0.5) is 5.00 Å². The van der Waals surface area contributed by atoms with E-state index in [4.69, 9.17) is 32.7 Å². The van der Waals surface area contributed by atoms with Crippen molar-refractivity contribution in [2.24, 2.45) is 0 Å². The molecule has 0 radical (unpaired) electrons. The number of benzene rings is 1. The summed E-state index contributed by atoms with van der Waals surface area (Å²) in [5.74, 6) is -1.74. The zero-order chi connectivity index (χ0) is 23.3. The van der Waals surface area contributed by atoms with Gasteiger partial charge in [0.05, 0.1) is 17.8 Å². The number of hydrogen-bond donors (Lipinski definition) is 1. The van der Waals surface area contributed by atoms with Gasteiger partial charge in [0.25, 0.3) is 0 Å². The molecule has 0 saturated heterocycles. The largest absolute Gasteiger partial charge is 0.459 e. The fourth-order valence-electron chi connectivity index (χ4n) is 2.57. The number of esters is 2. The molecule has 1 amide bonds. The molecule has 9 heteroatoms. The first-order valence-corrected chi connectivity index (χ1v) is 11.1. The van der Waals surface area contributed by atoms with E-state index < -0.39 is 17.8 Å². The van der Waals surface area contributed by atoms with E-state index in [0.717, 1.165) is 11.3 Å². The monoisotopic (exact) mass is 483 g/mol. The summed E-state index contributed by atoms with van der Waals surface area (Å²) in [4.78, 5) is 37.8. The van der Waals surface area contributed by atoms with Gasteiger partial charge in [0.2, 0.25) is 5.91 Å². The number of thiophene rings is 1. The summed E-state index contributed by atoms with van der Waals surface area (Å²) in [6.45, 7) is 8.48. The number of nitrogens with one attached hydrogen (secondary N) is 1. The standard InChI is InChI=1S/C22H23Cl2NO5S/c1-11(2)29-21(27)18-13(5)19(22(28)30-12(3)4)31-20(18)25-17(26)10-9-14-15(23)7-6-8-16(14)24/h6-12H,1-5H3,(H,25,26)/b10-9+. The summed E-state index contributed by atoms with van der Waals surface area (Å²) in [6.07, 6.45) is 2.01. The lowest BCUT2D eigenvalue weighted by Crippen LogP contribution is -2.16. The van der Waals surface area contributed by atoms with Crippen LogP contribution in [0.15, 0.2) is 24.3 Å². The van der Waals surface area contributed by atoms with Crippen molar-refractivity contribution in [1.29, 1.82) is 0 Å². The Labute approximate surface area is 195 Å². The van der Waals surface area contributed by atoms with Crippen molar-refractivity contribution < 1.29 is 23.9 Å². The van der Waals surface area contributed by atoms with E-state index in [9.17, 15) is 14.4 Å². The van der Waals surface area contributed by atoms with E-state index in [2.05, 4.69) is 5.32 Å². The molecular weight excluding hydrogens is 461 g/mol. The highest BCUT2D eigenvalue weighted by Crippen LogP contribution is 2.35. The average molecular weight is 484 g/mol. The van der Waals surface area contributed by atoms with Crippen LogP contribution >= 0.6 is 34.5 Å². The van der Waals surface area contributed by atoms with Crippen molar-refractivity contribution >= 4 is 63.5 Å². The zero-order valence-electron chi connectivity index (χ0n) is 17.7. The lowest BCUT2D eigenvalue weighted by Gasteiger charge is -2.10. The van der Waals surface area contributed by atoms with Gasteiger partial charge in [0.15, 0.2) is 0 Å². The van der Waals surface area contributed by atoms with Crippen molar-refractivity contribution in [3.8, 4) is 0 Å². The summed E-state index contributed by atoms with van der Waals surface area (Å²) < 4.78 is 10.5. The molecule has 6 nitrogen and oxygen atoms in total. The smallest absolute Gasteiger partial charge is 0.348 e. The third-order valence-electron chi connectivity index (χ3n) is 3.86. The molecule has 1 aromatic carbocycles. The predicted octanol–water partition coefficient (Wildman–Crippen LogP) is 6.15. The van der Waals surface area contributed by atoms with Crippen LogP contribution in [0.25, 0.3) is 6.08 Å². The molecule has 0 fully saturated rings. The van der Waals surface area contributed by atoms with E-state index in [-0.39, 0.29) is 27.6 Å². The summed E-state index contributed by atoms with van der Waals surface area (Å²) in [5, 5.41) is 3.62. The lowest BCUT2D eigenvalue weighted by atomic mass is 10.1. The van der Waals surface area contributed by atoms with Gasteiger partial charge in [-0.1, -0.05) is 29.3 Å². The molecule has 2 aromatic rings. The number of carbonyl (C=O) groups is 3. The number of hydrogen-bond acceptors (Lipinski definition) is 6. The summed E-state index contributed by atoms with van der Waals surface area (Å²) in [7, 11) is 0. The van der Waals surface area contributed by atoms with Gasteiger partial charge in [-0.15, -0.1) is 11.3 Å². The number of halogens is 2. The number of carbonyl (C=O) groups excluding carboxylic acids is 3. The molecule has 0 unspecified atom stereocenters. The fraction of sp³-hybridized carbons (Fsp3) is 0.318. The lowest BCUT2D eigenvalue weighted by molar-refractivity contribution is -0.111. The van der Waals surface area contributed by atoms with Gasteiger partial charge in [-0.2, -0.15) is 0 Å². The Morgan fingerprint density at radius 2 is 1.55 bits per heavy atom. The third kappa shape index (κ3) is 6.56. The first-order chi connectivity index (χ1) is 14.5. The van der Waals surface area contributed by atoms with E-state index in [1.54, 1.807) is 52.8 Å². The van der Waals surface area contributed by atoms with Crippen molar-refractivity contribution in [3.63, 3.8) is 0 Å². The zero-order valence-corrected chi connectivity index (χ0v) is 20.1. The van der Waals surface area contributed by atoms with Crippen LogP contribution < -0.4 is 5.32 Å². The minimum atomic E-state index is -0.638. The molecule has 0 aliphatic carbocycles. The van der Waals surface area contributed by atoms with E-state index in [0.29, 0.717) is 21.2 Å². The highest BCUT2D eigenvalue weighted by molar-refractivity contribution is 7.18.